The van der Waals surface area contributed by atoms with Crippen LogP contribution < -0.4 is 27.7 Å². The van der Waals surface area contributed by atoms with Crippen molar-refractivity contribution in [3.05, 3.63) is 0 Å². The number of rotatable bonds is 8. The van der Waals surface area contributed by atoms with E-state index in [9.17, 15) is 9.59 Å². The first kappa shape index (κ1) is 22.0. The largest absolute Gasteiger partial charge is 0.462 e. The zero-order valence-electron chi connectivity index (χ0n) is 17.2. The number of nitrogens with two attached hydrogens (primary N) is 2. The highest BCUT2D eigenvalue weighted by Crippen LogP contribution is 2.69. The molecule has 7 N–H and O–H groups in total. The van der Waals surface area contributed by atoms with Crippen molar-refractivity contribution >= 4 is 32.8 Å². The molecule has 1 saturated carbocycles. The van der Waals surface area contributed by atoms with Gasteiger partial charge in [-0.1, -0.05) is 18.2 Å². The van der Waals surface area contributed by atoms with Crippen molar-refractivity contribution in [1.82, 2.24) is 16.2 Å². The number of hydrogen-bond donors (Lipinski definition) is 5. The number of ether oxygens (including phenoxy) is 1. The Kier molecular flexibility index (Phi) is 6.48. The smallest absolute Gasteiger partial charge is 0.323 e. The van der Waals surface area contributed by atoms with E-state index in [0.29, 0.717) is 30.5 Å². The summed E-state index contributed by atoms with van der Waals surface area (Å²) in [5, 5.41) is 9.19. The summed E-state index contributed by atoms with van der Waals surface area (Å²) < 4.78 is 5.43. The van der Waals surface area contributed by atoms with E-state index in [0.717, 1.165) is 25.7 Å². The van der Waals surface area contributed by atoms with Crippen molar-refractivity contribution in [1.29, 1.82) is 0 Å². The van der Waals surface area contributed by atoms with Crippen LogP contribution in [0.2, 0.25) is 5.31 Å². The highest BCUT2D eigenvalue weighted by Gasteiger charge is 2.71. The minimum Gasteiger partial charge on any atom is -0.462 e. The van der Waals surface area contributed by atoms with Gasteiger partial charge < -0.3 is 21.1 Å². The van der Waals surface area contributed by atoms with Gasteiger partial charge in [-0.05, 0) is 43.4 Å². The van der Waals surface area contributed by atoms with Crippen LogP contribution in [0.25, 0.3) is 0 Å². The number of nitrogens with one attached hydrogen (secondary N) is 3. The van der Waals surface area contributed by atoms with Crippen LogP contribution in [-0.4, -0.2) is 56.9 Å². The van der Waals surface area contributed by atoms with Gasteiger partial charge in [0, 0.05) is 13.3 Å². The highest BCUT2D eigenvalue weighted by atomic mass is 16.5. The minimum absolute atomic E-state index is 0.0256. The molecule has 1 amide bonds. The maximum atomic E-state index is 12.6. The second kappa shape index (κ2) is 8.55. The van der Waals surface area contributed by atoms with Crippen molar-refractivity contribution in [3.63, 3.8) is 0 Å². The molecule has 157 valence electrons. The molecule has 1 spiro atoms. The maximum Gasteiger partial charge on any atom is 0.323 e. The molecule has 1 aliphatic carbocycles. The van der Waals surface area contributed by atoms with Gasteiger partial charge in [-0.3, -0.25) is 9.59 Å². The third kappa shape index (κ3) is 4.71. The highest BCUT2D eigenvalue weighted by molar-refractivity contribution is 6.72. The Morgan fingerprint density at radius 2 is 2.21 bits per heavy atom. The number of hydrazine groups is 1. The minimum atomic E-state index is -0.599. The molecule has 0 aromatic carbocycles. The Morgan fingerprint density at radius 1 is 1.45 bits per heavy atom. The first-order chi connectivity index (χ1) is 13.7. The molecular formula is C18H31B2N6O3. The van der Waals surface area contributed by atoms with E-state index >= 15 is 0 Å². The summed E-state index contributed by atoms with van der Waals surface area (Å²) in [5.41, 5.74) is 8.05. The summed E-state index contributed by atoms with van der Waals surface area (Å²) in [5.74, 6) is 6.06. The Hall–Kier alpha value is -1.74. The number of carbonyl (C=O) groups is 2. The van der Waals surface area contributed by atoms with Gasteiger partial charge in [0.2, 0.25) is 5.91 Å². The second-order valence-corrected chi connectivity index (χ2v) is 8.83. The molecule has 3 fully saturated rings. The third-order valence-corrected chi connectivity index (χ3v) is 6.64. The Labute approximate surface area is 174 Å². The molecule has 3 aliphatic rings. The Balaban J connectivity index is 1.55. The fraction of sp³-hybridized carbons (Fsp3) is 0.833. The lowest BCUT2D eigenvalue weighted by Gasteiger charge is -2.47. The van der Waals surface area contributed by atoms with E-state index in [1.165, 1.54) is 6.92 Å². The lowest BCUT2D eigenvalue weighted by molar-refractivity contribution is -0.149. The molecule has 2 aliphatic heterocycles. The molecule has 0 bridgehead atoms. The maximum absolute atomic E-state index is 12.6. The summed E-state index contributed by atoms with van der Waals surface area (Å²) >= 11 is 0. The zero-order valence-corrected chi connectivity index (χ0v) is 17.2. The fourth-order valence-electron chi connectivity index (χ4n) is 5.20. The zero-order chi connectivity index (χ0) is 21.2. The van der Waals surface area contributed by atoms with Gasteiger partial charge in [0.05, 0.1) is 13.9 Å². The number of hydrazone groups is 1. The lowest BCUT2D eigenvalue weighted by Crippen LogP contribution is -2.55. The van der Waals surface area contributed by atoms with Gasteiger partial charge in [0.1, 0.15) is 25.8 Å². The molecule has 11 heteroatoms. The normalized spacial score (nSPS) is 36.7. The summed E-state index contributed by atoms with van der Waals surface area (Å²) in [6.45, 7) is 3.38. The number of esters is 1. The molecule has 2 saturated heterocycles. The average Bonchev–Trinajstić information content (AvgIpc) is 3.27. The van der Waals surface area contributed by atoms with Crippen molar-refractivity contribution in [2.75, 3.05) is 6.61 Å². The monoisotopic (exact) mass is 401 g/mol. The van der Waals surface area contributed by atoms with Gasteiger partial charge in [0.25, 0.3) is 0 Å². The van der Waals surface area contributed by atoms with Crippen LogP contribution in [0.15, 0.2) is 5.10 Å². The predicted molar refractivity (Wildman–Crippen MR) is 112 cm³/mol. The molecule has 3 radical (unpaired) electrons. The molecule has 3 rings (SSSR count). The molecule has 6 unspecified atom stereocenters. The lowest BCUT2D eigenvalue weighted by atomic mass is 9.60. The topological polar surface area (TPSA) is 144 Å². The van der Waals surface area contributed by atoms with Gasteiger partial charge in [0.15, 0.2) is 0 Å². The number of piperidine rings is 1. The van der Waals surface area contributed by atoms with Crippen LogP contribution in [0.5, 0.6) is 0 Å². The van der Waals surface area contributed by atoms with Crippen LogP contribution in [0.1, 0.15) is 52.4 Å². The van der Waals surface area contributed by atoms with Gasteiger partial charge in [-0.25, -0.2) is 11.4 Å². The standard InChI is InChI=1S/C18H31B2N6O3/c1-10(23-11(2)27)9-29-16(28)14-8-13-7-12(3-4-15(21)25-26-22)5-6-17(13)18(19,20-17)24-14/h10,12-14,24,26H,3-9,22H2,1-2H3,(H2,21,25)(H,23,27). The number of amides is 1. The van der Waals surface area contributed by atoms with Crippen LogP contribution in [0, 0.1) is 11.8 Å². The number of hydrogen-bond acceptors (Lipinski definition) is 7. The Morgan fingerprint density at radius 3 is 2.90 bits per heavy atom. The number of nitrogens with zero attached hydrogens (tertiary/aromatic N) is 1. The number of carbonyl (C=O) groups excluding carboxylic acids is 2. The van der Waals surface area contributed by atoms with Crippen LogP contribution in [-0.2, 0) is 14.3 Å². The summed E-state index contributed by atoms with van der Waals surface area (Å²) in [4.78, 5) is 23.7. The van der Waals surface area contributed by atoms with Crippen molar-refractivity contribution in [2.24, 2.45) is 28.5 Å². The first-order valence-electron chi connectivity index (χ1n) is 10.3. The quantitative estimate of drug-likeness (QED) is 0.0881. The van der Waals surface area contributed by atoms with Crippen molar-refractivity contribution in [3.8, 4) is 0 Å². The molecule has 2 heterocycles. The van der Waals surface area contributed by atoms with Crippen LogP contribution in [0.4, 0.5) is 0 Å². The molecular weight excluding hydrogens is 370 g/mol. The van der Waals surface area contributed by atoms with Gasteiger partial charge >= 0.3 is 5.97 Å². The van der Waals surface area contributed by atoms with E-state index in [4.69, 9.17) is 24.2 Å². The average molecular weight is 401 g/mol. The van der Waals surface area contributed by atoms with Gasteiger partial charge in [-0.15, -0.1) is 0 Å². The van der Waals surface area contributed by atoms with E-state index < -0.39 is 11.4 Å². The van der Waals surface area contributed by atoms with E-state index in [2.05, 4.69) is 28.5 Å². The summed E-state index contributed by atoms with van der Waals surface area (Å²) in [7, 11) is 8.73. The fourth-order valence-corrected chi connectivity index (χ4v) is 5.20. The predicted octanol–water partition coefficient (Wildman–Crippen LogP) is -0.953. The molecule has 9 nitrogen and oxygen atoms in total. The SMILES string of the molecule is [B]C12[B]C13CCC(CC/C(N)=N/NN)CC3CC(C(=O)OCC(C)NC(C)=O)N2. The second-order valence-electron chi connectivity index (χ2n) is 8.83. The van der Waals surface area contributed by atoms with Crippen molar-refractivity contribution < 1.29 is 14.3 Å². The molecule has 6 atom stereocenters. The summed E-state index contributed by atoms with van der Waals surface area (Å²) in [6.07, 6.45) is 5.44. The van der Waals surface area contributed by atoms with E-state index in [-0.39, 0.29) is 29.8 Å². The van der Waals surface area contributed by atoms with Crippen LogP contribution in [0.3, 0.4) is 0 Å². The van der Waals surface area contributed by atoms with E-state index in [1.807, 2.05) is 0 Å². The number of amidine groups is 1. The molecule has 29 heavy (non-hydrogen) atoms. The molecule has 0 aromatic heterocycles. The van der Waals surface area contributed by atoms with Crippen molar-refractivity contribution in [2.45, 2.75) is 75.1 Å². The van der Waals surface area contributed by atoms with Crippen LogP contribution >= 0.6 is 0 Å². The van der Waals surface area contributed by atoms with Gasteiger partial charge in [-0.2, -0.15) is 5.10 Å². The van der Waals surface area contributed by atoms with E-state index in [1.54, 1.807) is 6.92 Å². The molecule has 0 aromatic rings. The summed E-state index contributed by atoms with van der Waals surface area (Å²) in [6, 6.07) is -0.666. The Bertz CT molecular complexity index is 680. The third-order valence-electron chi connectivity index (χ3n) is 6.64. The first-order valence-corrected chi connectivity index (χ1v) is 10.3.